The highest BCUT2D eigenvalue weighted by atomic mass is 32.2. The molecule has 1 aliphatic heterocycles. The average Bonchev–Trinajstić information content (AvgIpc) is 2.80. The summed E-state index contributed by atoms with van der Waals surface area (Å²) in [5, 5.41) is 8.27. The van der Waals surface area contributed by atoms with Crippen LogP contribution < -0.4 is 4.57 Å². The van der Waals surface area contributed by atoms with Gasteiger partial charge in [-0.25, -0.2) is 4.57 Å². The number of fused-ring (bicyclic) bond motifs is 5. The van der Waals surface area contributed by atoms with Crippen molar-refractivity contribution in [2.75, 3.05) is 0 Å². The Kier molecular flexibility index (Phi) is 4.83. The van der Waals surface area contributed by atoms with Gasteiger partial charge in [-0.3, -0.25) is 0 Å². The molecule has 0 aliphatic carbocycles. The van der Waals surface area contributed by atoms with Gasteiger partial charge >= 0.3 is 0 Å². The number of aryl methyl sites for hydroxylation is 3. The van der Waals surface area contributed by atoms with E-state index in [0.29, 0.717) is 11.8 Å². The molecule has 6 rings (SSSR count). The van der Waals surface area contributed by atoms with Crippen LogP contribution in [-0.2, 0) is 7.05 Å². The zero-order valence-electron chi connectivity index (χ0n) is 21.2. The predicted molar refractivity (Wildman–Crippen MR) is 147 cm³/mol. The molecule has 0 bridgehead atoms. The molecule has 5 aromatic rings. The van der Waals surface area contributed by atoms with Crippen LogP contribution >= 0.6 is 11.8 Å². The highest BCUT2D eigenvalue weighted by molar-refractivity contribution is 8.00. The zero-order valence-corrected chi connectivity index (χ0v) is 22.0. The summed E-state index contributed by atoms with van der Waals surface area (Å²) in [6, 6.07) is 18.8. The third-order valence-corrected chi connectivity index (χ3v) is 8.80. The Balaban J connectivity index is 1.81. The zero-order chi connectivity index (χ0) is 23.9. The largest absolute Gasteiger partial charge is 0.222 e. The molecule has 0 amide bonds. The monoisotopic (exact) mass is 462 g/mol. The van der Waals surface area contributed by atoms with Crippen molar-refractivity contribution in [3.8, 4) is 11.3 Å². The molecule has 2 heteroatoms. The number of hydrogen-bond acceptors (Lipinski definition) is 1. The summed E-state index contributed by atoms with van der Waals surface area (Å²) < 4.78 is 2.34. The SMILES string of the molecule is Cc1ccc2c(C(C)C)c3c(c(C)c2c1)-c1c2c(cc4cc(C(C)C)ccc4c2cc[n+]1C)S3. The summed E-state index contributed by atoms with van der Waals surface area (Å²) in [6.45, 7) is 13.8. The number of pyridine rings is 1. The normalized spacial score (nSPS) is 13.0. The van der Waals surface area contributed by atoms with Crippen LogP contribution in [0.15, 0.2) is 64.5 Å². The number of nitrogens with zero attached hydrogens (tertiary/aromatic N) is 1. The lowest BCUT2D eigenvalue weighted by Crippen LogP contribution is -2.32. The molecule has 0 radical (unpaired) electrons. The Bertz CT molecular complexity index is 1660. The Morgan fingerprint density at radius 1 is 0.765 bits per heavy atom. The fourth-order valence-corrected chi connectivity index (χ4v) is 7.38. The lowest BCUT2D eigenvalue weighted by Gasteiger charge is -2.26. The van der Waals surface area contributed by atoms with Crippen molar-refractivity contribution in [1.29, 1.82) is 0 Å². The van der Waals surface area contributed by atoms with Gasteiger partial charge in [-0.15, -0.1) is 0 Å². The number of hydrogen-bond donors (Lipinski definition) is 0. The highest BCUT2D eigenvalue weighted by Crippen LogP contribution is 2.54. The first-order valence-electron chi connectivity index (χ1n) is 12.4. The highest BCUT2D eigenvalue weighted by Gasteiger charge is 2.32. The summed E-state index contributed by atoms with van der Waals surface area (Å²) in [5.41, 5.74) is 8.39. The number of aromatic nitrogens is 1. The van der Waals surface area contributed by atoms with Crippen LogP contribution in [0.5, 0.6) is 0 Å². The van der Waals surface area contributed by atoms with Crippen molar-refractivity contribution in [3.63, 3.8) is 0 Å². The molecule has 1 aliphatic rings. The molecule has 2 heterocycles. The molecule has 0 unspecified atom stereocenters. The summed E-state index contributed by atoms with van der Waals surface area (Å²) in [5.74, 6) is 0.977. The average molecular weight is 463 g/mol. The van der Waals surface area contributed by atoms with Crippen LogP contribution in [0.3, 0.4) is 0 Å². The fraction of sp³-hybridized carbons (Fsp3) is 0.281. The quantitative estimate of drug-likeness (QED) is 0.183. The standard InChI is InChI=1S/C32H32NS/c1-17(2)21-9-11-23-22(15-21)16-27-30-25(23)12-13-33(7)31(30)29-20(6)26-14-19(5)8-10-24(26)28(18(3)4)32(29)34-27/h8-18H,1-7H3/q+1. The molecular formula is C32H32NS+. The lowest BCUT2D eigenvalue weighted by molar-refractivity contribution is -0.659. The van der Waals surface area contributed by atoms with E-state index < -0.39 is 0 Å². The van der Waals surface area contributed by atoms with Crippen molar-refractivity contribution in [2.45, 2.75) is 63.2 Å². The third-order valence-electron chi connectivity index (χ3n) is 7.63. The van der Waals surface area contributed by atoms with Gasteiger partial charge in [-0.05, 0) is 70.0 Å². The third kappa shape index (κ3) is 2.98. The van der Waals surface area contributed by atoms with Crippen molar-refractivity contribution >= 4 is 44.1 Å². The second-order valence-corrected chi connectivity index (χ2v) is 11.7. The summed E-state index contributed by atoms with van der Waals surface area (Å²) in [6.07, 6.45) is 2.26. The van der Waals surface area contributed by atoms with E-state index in [1.54, 1.807) is 0 Å². The second kappa shape index (κ2) is 7.58. The van der Waals surface area contributed by atoms with Crippen molar-refractivity contribution < 1.29 is 4.57 Å². The fourth-order valence-electron chi connectivity index (χ4n) is 5.86. The van der Waals surface area contributed by atoms with Gasteiger partial charge in [-0.1, -0.05) is 81.4 Å². The Morgan fingerprint density at radius 2 is 1.53 bits per heavy atom. The van der Waals surface area contributed by atoms with E-state index in [4.69, 9.17) is 0 Å². The van der Waals surface area contributed by atoms with Crippen LogP contribution in [-0.4, -0.2) is 0 Å². The van der Waals surface area contributed by atoms with E-state index in [2.05, 4.69) is 108 Å². The molecule has 0 N–H and O–H groups in total. The van der Waals surface area contributed by atoms with Crippen LogP contribution in [0.4, 0.5) is 0 Å². The molecule has 0 saturated heterocycles. The smallest absolute Gasteiger partial charge is 0.200 e. The summed E-state index contributed by atoms with van der Waals surface area (Å²) in [7, 11) is 2.21. The van der Waals surface area contributed by atoms with E-state index in [-0.39, 0.29) is 0 Å². The lowest BCUT2D eigenvalue weighted by atomic mass is 9.86. The van der Waals surface area contributed by atoms with Gasteiger partial charge in [0.2, 0.25) is 5.69 Å². The summed E-state index contributed by atoms with van der Waals surface area (Å²) >= 11 is 1.99. The molecule has 0 fully saturated rings. The topological polar surface area (TPSA) is 3.88 Å². The van der Waals surface area contributed by atoms with Crippen LogP contribution in [0, 0.1) is 13.8 Å². The molecule has 4 aromatic carbocycles. The first-order chi connectivity index (χ1) is 16.3. The van der Waals surface area contributed by atoms with Crippen molar-refractivity contribution in [2.24, 2.45) is 7.05 Å². The minimum absolute atomic E-state index is 0.450. The van der Waals surface area contributed by atoms with E-state index in [0.717, 1.165) is 0 Å². The van der Waals surface area contributed by atoms with E-state index >= 15 is 0 Å². The summed E-state index contributed by atoms with van der Waals surface area (Å²) in [4.78, 5) is 2.83. The van der Waals surface area contributed by atoms with Crippen LogP contribution in [0.2, 0.25) is 0 Å². The van der Waals surface area contributed by atoms with E-state index in [1.807, 2.05) is 11.8 Å². The maximum Gasteiger partial charge on any atom is 0.222 e. The van der Waals surface area contributed by atoms with Gasteiger partial charge in [-0.2, -0.15) is 0 Å². The second-order valence-electron chi connectivity index (χ2n) is 10.6. The number of benzene rings is 4. The molecule has 0 atom stereocenters. The van der Waals surface area contributed by atoms with Gasteiger partial charge in [0.15, 0.2) is 6.20 Å². The maximum absolute atomic E-state index is 2.44. The molecule has 1 aromatic heterocycles. The Hall–Kier alpha value is -2.84. The minimum atomic E-state index is 0.450. The molecule has 170 valence electrons. The molecule has 0 saturated carbocycles. The van der Waals surface area contributed by atoms with Crippen molar-refractivity contribution in [3.05, 3.63) is 77.0 Å². The first-order valence-corrected chi connectivity index (χ1v) is 13.2. The minimum Gasteiger partial charge on any atom is -0.200 e. The van der Waals surface area contributed by atoms with Crippen LogP contribution in [0.1, 0.15) is 61.8 Å². The molecule has 34 heavy (non-hydrogen) atoms. The van der Waals surface area contributed by atoms with Gasteiger partial charge in [0.1, 0.15) is 7.05 Å². The first kappa shape index (κ1) is 21.7. The van der Waals surface area contributed by atoms with Gasteiger partial charge < -0.3 is 0 Å². The maximum atomic E-state index is 2.44. The number of rotatable bonds is 2. The Morgan fingerprint density at radius 3 is 2.26 bits per heavy atom. The van der Waals surface area contributed by atoms with Gasteiger partial charge in [0.25, 0.3) is 0 Å². The molecule has 1 nitrogen and oxygen atoms in total. The van der Waals surface area contributed by atoms with Gasteiger partial charge in [0, 0.05) is 21.2 Å². The van der Waals surface area contributed by atoms with Crippen molar-refractivity contribution in [1.82, 2.24) is 0 Å². The van der Waals surface area contributed by atoms with E-state index in [9.17, 15) is 0 Å². The Labute approximate surface area is 206 Å². The predicted octanol–water partition coefficient (Wildman–Crippen LogP) is 8.97. The van der Waals surface area contributed by atoms with E-state index in [1.165, 1.54) is 75.6 Å². The van der Waals surface area contributed by atoms with Gasteiger partial charge in [0.05, 0.1) is 10.9 Å². The molecule has 0 spiro atoms. The molecular weight excluding hydrogens is 430 g/mol. The van der Waals surface area contributed by atoms with Crippen LogP contribution in [0.25, 0.3) is 43.6 Å².